The molecular formula is C14H13ClN2O6S2. The van der Waals surface area contributed by atoms with Crippen LogP contribution in [0.3, 0.4) is 0 Å². The third-order valence-corrected chi connectivity index (χ3v) is 6.59. The van der Waals surface area contributed by atoms with Gasteiger partial charge in [-0.3, -0.25) is 14.9 Å². The second kappa shape index (κ2) is 7.91. The number of hydrogen-bond donors (Lipinski definition) is 0. The first-order chi connectivity index (χ1) is 11.7. The van der Waals surface area contributed by atoms with Crippen LogP contribution in [0.25, 0.3) is 0 Å². The third-order valence-electron chi connectivity index (χ3n) is 3.09. The van der Waals surface area contributed by atoms with Gasteiger partial charge in [0.25, 0.3) is 15.7 Å². The summed E-state index contributed by atoms with van der Waals surface area (Å²) in [5.41, 5.74) is 0.306. The Bertz CT molecular complexity index is 896. The molecule has 0 radical (unpaired) electrons. The van der Waals surface area contributed by atoms with Crippen molar-refractivity contribution >= 4 is 44.6 Å². The highest BCUT2D eigenvalue weighted by Crippen LogP contribution is 2.27. The first kappa shape index (κ1) is 19.3. The van der Waals surface area contributed by atoms with Crippen LogP contribution in [0.1, 0.15) is 5.56 Å². The van der Waals surface area contributed by atoms with Gasteiger partial charge >= 0.3 is 5.97 Å². The zero-order chi connectivity index (χ0) is 18.6. The lowest BCUT2D eigenvalue weighted by atomic mass is 10.2. The molecule has 0 aliphatic carbocycles. The number of benzene rings is 1. The zero-order valence-electron chi connectivity index (χ0n) is 12.9. The van der Waals surface area contributed by atoms with Crippen LogP contribution in [0.2, 0.25) is 4.34 Å². The van der Waals surface area contributed by atoms with Gasteiger partial charge in [-0.2, -0.15) is 4.31 Å². The Morgan fingerprint density at radius 2 is 2.08 bits per heavy atom. The predicted molar refractivity (Wildman–Crippen MR) is 92.0 cm³/mol. The molecule has 1 heterocycles. The molecule has 0 unspecified atom stereocenters. The van der Waals surface area contributed by atoms with E-state index in [0.29, 0.717) is 9.90 Å². The summed E-state index contributed by atoms with van der Waals surface area (Å²) < 4.78 is 30.7. The smallest absolute Gasteiger partial charge is 0.321 e. The number of non-ortho nitro benzene ring substituents is 1. The van der Waals surface area contributed by atoms with E-state index in [2.05, 4.69) is 0 Å². The molecule has 0 N–H and O–H groups in total. The molecule has 11 heteroatoms. The Balaban J connectivity index is 1.96. The number of carbonyl (C=O) groups is 1. The zero-order valence-corrected chi connectivity index (χ0v) is 15.3. The number of thiophene rings is 1. The standard InChI is InChI=1S/C14H13ClN2O6S2/c1-16(25(21,22)14-6-5-12(15)24-14)8-13(18)23-9-10-3-2-4-11(7-10)17(19)20/h2-7H,8-9H2,1H3. The van der Waals surface area contributed by atoms with E-state index in [1.165, 1.54) is 37.4 Å². The monoisotopic (exact) mass is 404 g/mol. The summed E-state index contributed by atoms with van der Waals surface area (Å²) in [7, 11) is -2.59. The summed E-state index contributed by atoms with van der Waals surface area (Å²) in [5.74, 6) is -0.778. The van der Waals surface area contributed by atoms with E-state index in [1.807, 2.05) is 0 Å². The topological polar surface area (TPSA) is 107 Å². The first-order valence-electron chi connectivity index (χ1n) is 6.81. The van der Waals surface area contributed by atoms with Gasteiger partial charge in [0.2, 0.25) is 0 Å². The van der Waals surface area contributed by atoms with Crippen LogP contribution >= 0.6 is 22.9 Å². The van der Waals surface area contributed by atoms with E-state index in [9.17, 15) is 23.3 Å². The predicted octanol–water partition coefficient (Wildman–Crippen LogP) is 2.67. The van der Waals surface area contributed by atoms with Gasteiger partial charge in [0.15, 0.2) is 0 Å². The molecular weight excluding hydrogens is 392 g/mol. The van der Waals surface area contributed by atoms with Crippen LogP contribution in [0.5, 0.6) is 0 Å². The van der Waals surface area contributed by atoms with Crippen molar-refractivity contribution in [3.8, 4) is 0 Å². The van der Waals surface area contributed by atoms with E-state index in [1.54, 1.807) is 6.07 Å². The van der Waals surface area contributed by atoms with Gasteiger partial charge in [-0.1, -0.05) is 23.7 Å². The molecule has 0 amide bonds. The number of hydrogen-bond acceptors (Lipinski definition) is 7. The summed E-state index contributed by atoms with van der Waals surface area (Å²) in [6, 6.07) is 8.44. The van der Waals surface area contributed by atoms with Crippen molar-refractivity contribution in [2.24, 2.45) is 0 Å². The Labute approximate surface area is 152 Å². The largest absolute Gasteiger partial charge is 0.460 e. The summed E-state index contributed by atoms with van der Waals surface area (Å²) in [6.45, 7) is -0.688. The number of ether oxygens (including phenoxy) is 1. The molecule has 0 saturated carbocycles. The molecule has 1 aromatic carbocycles. The number of carbonyl (C=O) groups excluding carboxylic acids is 1. The maximum Gasteiger partial charge on any atom is 0.321 e. The number of rotatable bonds is 7. The molecule has 0 aliphatic heterocycles. The Morgan fingerprint density at radius 1 is 1.36 bits per heavy atom. The molecule has 134 valence electrons. The fourth-order valence-corrected chi connectivity index (χ4v) is 4.63. The molecule has 0 saturated heterocycles. The number of likely N-dealkylation sites (N-methyl/N-ethyl adjacent to an activating group) is 1. The lowest BCUT2D eigenvalue weighted by molar-refractivity contribution is -0.384. The second-order valence-electron chi connectivity index (χ2n) is 4.91. The highest BCUT2D eigenvalue weighted by atomic mass is 35.5. The van der Waals surface area contributed by atoms with Crippen molar-refractivity contribution in [3.63, 3.8) is 0 Å². The Kier molecular flexibility index (Phi) is 6.11. The lowest BCUT2D eigenvalue weighted by Gasteiger charge is -2.15. The van der Waals surface area contributed by atoms with Crippen molar-refractivity contribution in [2.45, 2.75) is 10.8 Å². The molecule has 0 fully saturated rings. The minimum Gasteiger partial charge on any atom is -0.460 e. The van der Waals surface area contributed by atoms with E-state index < -0.39 is 27.5 Å². The van der Waals surface area contributed by atoms with E-state index in [4.69, 9.17) is 16.3 Å². The highest BCUT2D eigenvalue weighted by molar-refractivity contribution is 7.91. The fraction of sp³-hybridized carbons (Fsp3) is 0.214. The highest BCUT2D eigenvalue weighted by Gasteiger charge is 2.25. The summed E-state index contributed by atoms with van der Waals surface area (Å²) >= 11 is 6.61. The number of nitrogens with zero attached hydrogens (tertiary/aromatic N) is 2. The number of sulfonamides is 1. The summed E-state index contributed by atoms with van der Waals surface area (Å²) in [4.78, 5) is 22.0. The molecule has 2 rings (SSSR count). The van der Waals surface area contributed by atoms with Crippen LogP contribution in [0, 0.1) is 10.1 Å². The molecule has 0 spiro atoms. The Hall–Kier alpha value is -2.01. The van der Waals surface area contributed by atoms with Crippen LogP contribution < -0.4 is 0 Å². The van der Waals surface area contributed by atoms with Gasteiger partial charge in [-0.15, -0.1) is 11.3 Å². The van der Waals surface area contributed by atoms with Gasteiger partial charge < -0.3 is 4.74 Å². The average molecular weight is 405 g/mol. The molecule has 0 atom stereocenters. The van der Waals surface area contributed by atoms with E-state index in [0.717, 1.165) is 15.6 Å². The third kappa shape index (κ3) is 4.98. The molecule has 8 nitrogen and oxygen atoms in total. The van der Waals surface area contributed by atoms with Gasteiger partial charge in [-0.25, -0.2) is 8.42 Å². The van der Waals surface area contributed by atoms with E-state index in [-0.39, 0.29) is 16.5 Å². The first-order valence-corrected chi connectivity index (χ1v) is 9.44. The minimum absolute atomic E-state index is 0.0199. The average Bonchev–Trinajstić information content (AvgIpc) is 3.00. The number of esters is 1. The number of nitro groups is 1. The number of halogens is 1. The van der Waals surface area contributed by atoms with Crippen LogP contribution in [0.4, 0.5) is 5.69 Å². The van der Waals surface area contributed by atoms with E-state index >= 15 is 0 Å². The van der Waals surface area contributed by atoms with Crippen LogP contribution in [0.15, 0.2) is 40.6 Å². The second-order valence-corrected chi connectivity index (χ2v) is 8.89. The summed E-state index contributed by atoms with van der Waals surface area (Å²) in [6.07, 6.45) is 0. The van der Waals surface area contributed by atoms with Gasteiger partial charge in [0.05, 0.1) is 9.26 Å². The van der Waals surface area contributed by atoms with Gasteiger partial charge in [0, 0.05) is 19.2 Å². The van der Waals surface area contributed by atoms with Crippen molar-refractivity contribution in [3.05, 3.63) is 56.4 Å². The molecule has 0 aliphatic rings. The van der Waals surface area contributed by atoms with Gasteiger partial charge in [-0.05, 0) is 17.7 Å². The van der Waals surface area contributed by atoms with Crippen molar-refractivity contribution in [1.82, 2.24) is 4.31 Å². The molecule has 0 bridgehead atoms. The maximum atomic E-state index is 12.3. The van der Waals surface area contributed by atoms with Crippen molar-refractivity contribution in [1.29, 1.82) is 0 Å². The van der Waals surface area contributed by atoms with Crippen molar-refractivity contribution < 1.29 is 22.9 Å². The molecule has 1 aromatic heterocycles. The van der Waals surface area contributed by atoms with Crippen LogP contribution in [-0.4, -0.2) is 37.2 Å². The minimum atomic E-state index is -3.84. The summed E-state index contributed by atoms with van der Waals surface area (Å²) in [5, 5.41) is 10.7. The number of nitro benzene ring substituents is 1. The quantitative estimate of drug-likeness (QED) is 0.399. The molecule has 25 heavy (non-hydrogen) atoms. The lowest BCUT2D eigenvalue weighted by Crippen LogP contribution is -2.32. The van der Waals surface area contributed by atoms with Crippen molar-refractivity contribution in [2.75, 3.05) is 13.6 Å². The maximum absolute atomic E-state index is 12.3. The fourth-order valence-electron chi connectivity index (χ4n) is 1.83. The van der Waals surface area contributed by atoms with Gasteiger partial charge in [0.1, 0.15) is 17.4 Å². The molecule has 2 aromatic rings. The van der Waals surface area contributed by atoms with Crippen LogP contribution in [-0.2, 0) is 26.2 Å². The normalized spacial score (nSPS) is 11.5. The Morgan fingerprint density at radius 3 is 2.68 bits per heavy atom. The SMILES string of the molecule is CN(CC(=O)OCc1cccc([N+](=O)[O-])c1)S(=O)(=O)c1ccc(Cl)s1.